The zero-order chi connectivity index (χ0) is 17.4. The molecule has 0 spiro atoms. The second kappa shape index (κ2) is 8.72. The van der Waals surface area contributed by atoms with Gasteiger partial charge in [0, 0.05) is 25.1 Å². The molecule has 0 aliphatic carbocycles. The van der Waals surface area contributed by atoms with Crippen LogP contribution in [0.2, 0.25) is 0 Å². The third-order valence-corrected chi connectivity index (χ3v) is 3.52. The number of hydrogen-bond donors (Lipinski definition) is 2. The maximum Gasteiger partial charge on any atom is 0.305 e. The van der Waals surface area contributed by atoms with Crippen molar-refractivity contribution in [1.82, 2.24) is 0 Å². The first-order chi connectivity index (χ1) is 11.6. The lowest BCUT2D eigenvalue weighted by atomic mass is 10.0. The molecule has 3 rings (SSSR count). The Kier molecular flexibility index (Phi) is 6.37. The lowest BCUT2D eigenvalue weighted by Gasteiger charge is -2.17. The summed E-state index contributed by atoms with van der Waals surface area (Å²) < 4.78 is 4.94. The number of Topliss-reactive ketones (excluding diaryl/α,β-unsaturated/α-hetero) is 1. The predicted molar refractivity (Wildman–Crippen MR) is 92.1 cm³/mol. The van der Waals surface area contributed by atoms with E-state index in [0.717, 1.165) is 11.3 Å². The average Bonchev–Trinajstić information content (AvgIpc) is 2.61. The number of ketones is 1. The summed E-state index contributed by atoms with van der Waals surface area (Å²) in [7, 11) is 0. The van der Waals surface area contributed by atoms with Crippen molar-refractivity contribution in [2.24, 2.45) is 0 Å². The number of fused-ring (bicyclic) bond motifs is 1. The third-order valence-electron chi connectivity index (χ3n) is 3.52. The number of ether oxygens (including phenoxy) is 1. The highest BCUT2D eigenvalue weighted by molar-refractivity contribution is 6.05. The lowest BCUT2D eigenvalue weighted by molar-refractivity contribution is -0.144. The maximum atomic E-state index is 11.3. The largest absolute Gasteiger partial charge is 0.507 e. The summed E-state index contributed by atoms with van der Waals surface area (Å²) in [6.07, 6.45) is 0.900. The van der Waals surface area contributed by atoms with E-state index in [4.69, 9.17) is 4.74 Å². The molecule has 0 unspecified atom stereocenters. The summed E-state index contributed by atoms with van der Waals surface area (Å²) in [5.41, 5.74) is 2.20. The number of phenols is 1. The molecule has 1 heterocycles. The Bertz CT molecular complexity index is 698. The van der Waals surface area contributed by atoms with E-state index in [0.29, 0.717) is 31.6 Å². The molecule has 2 aromatic rings. The first kappa shape index (κ1) is 17.5. The van der Waals surface area contributed by atoms with Crippen molar-refractivity contribution >= 4 is 17.4 Å². The Hall–Kier alpha value is -2.82. The van der Waals surface area contributed by atoms with Crippen molar-refractivity contribution in [2.45, 2.75) is 26.4 Å². The second-order valence-electron chi connectivity index (χ2n) is 5.30. The Morgan fingerprint density at radius 1 is 1.17 bits per heavy atom. The van der Waals surface area contributed by atoms with Crippen LogP contribution < -0.4 is 5.32 Å². The van der Waals surface area contributed by atoms with Crippen LogP contribution in [0.5, 0.6) is 5.75 Å². The van der Waals surface area contributed by atoms with Gasteiger partial charge in [-0.25, -0.2) is 0 Å². The van der Waals surface area contributed by atoms with Crippen LogP contribution in [-0.4, -0.2) is 23.4 Å². The highest BCUT2D eigenvalue weighted by Gasteiger charge is 2.19. The highest BCUT2D eigenvalue weighted by Crippen LogP contribution is 2.29. The van der Waals surface area contributed by atoms with Crippen LogP contribution in [-0.2, 0) is 16.1 Å². The molecule has 5 heteroatoms. The van der Waals surface area contributed by atoms with Crippen LogP contribution in [0.4, 0.5) is 5.69 Å². The standard InChI is InChI=1S/C10H12O2.C9H9NO2/c1-2-10(11)12-8-9-6-4-3-5-7-9;11-7-3-1-2-6-9(7)8(12)4-5-10-6/h3-7H,2,8H2,1H3;1-3,10-11H,4-5H2. The minimum Gasteiger partial charge on any atom is -0.507 e. The summed E-state index contributed by atoms with van der Waals surface area (Å²) in [4.78, 5) is 22.1. The number of benzene rings is 2. The molecule has 126 valence electrons. The molecule has 0 aromatic heterocycles. The molecule has 2 N–H and O–H groups in total. The zero-order valence-corrected chi connectivity index (χ0v) is 13.6. The van der Waals surface area contributed by atoms with Gasteiger partial charge in [-0.2, -0.15) is 0 Å². The molecule has 5 nitrogen and oxygen atoms in total. The molecule has 0 fully saturated rings. The number of esters is 1. The average molecular weight is 327 g/mol. The van der Waals surface area contributed by atoms with Crippen LogP contribution >= 0.6 is 0 Å². The SMILES string of the molecule is CCC(=O)OCc1ccccc1.O=C1CCNc2cccc(O)c21. The van der Waals surface area contributed by atoms with Gasteiger partial charge < -0.3 is 15.2 Å². The topological polar surface area (TPSA) is 75.6 Å². The van der Waals surface area contributed by atoms with Gasteiger partial charge in [-0.05, 0) is 17.7 Å². The van der Waals surface area contributed by atoms with Crippen molar-refractivity contribution in [2.75, 3.05) is 11.9 Å². The Balaban J connectivity index is 0.000000174. The van der Waals surface area contributed by atoms with E-state index in [2.05, 4.69) is 5.32 Å². The minimum absolute atomic E-state index is 0.0156. The van der Waals surface area contributed by atoms with Crippen molar-refractivity contribution in [1.29, 1.82) is 0 Å². The molecule has 0 amide bonds. The number of carbonyl (C=O) groups is 2. The quantitative estimate of drug-likeness (QED) is 0.844. The van der Waals surface area contributed by atoms with E-state index in [1.165, 1.54) is 6.07 Å². The molecule has 0 saturated heterocycles. The van der Waals surface area contributed by atoms with Crippen molar-refractivity contribution in [3.05, 3.63) is 59.7 Å². The molecular formula is C19H21NO4. The van der Waals surface area contributed by atoms with E-state index in [1.54, 1.807) is 19.1 Å². The lowest BCUT2D eigenvalue weighted by Crippen LogP contribution is -2.17. The number of phenolic OH excluding ortho intramolecular Hbond substituents is 1. The number of nitrogens with one attached hydrogen (secondary N) is 1. The van der Waals surface area contributed by atoms with E-state index < -0.39 is 0 Å². The number of aromatic hydroxyl groups is 1. The number of hydrogen-bond acceptors (Lipinski definition) is 5. The highest BCUT2D eigenvalue weighted by atomic mass is 16.5. The number of carbonyl (C=O) groups excluding carboxylic acids is 2. The fourth-order valence-electron chi connectivity index (χ4n) is 2.26. The maximum absolute atomic E-state index is 11.3. The predicted octanol–water partition coefficient (Wildman–Crippen LogP) is 3.53. The van der Waals surface area contributed by atoms with Crippen molar-refractivity contribution < 1.29 is 19.4 Å². The molecule has 0 atom stereocenters. The van der Waals surface area contributed by atoms with Gasteiger partial charge in [0.15, 0.2) is 5.78 Å². The van der Waals surface area contributed by atoms with Gasteiger partial charge in [-0.15, -0.1) is 0 Å². The molecule has 0 bridgehead atoms. The molecule has 24 heavy (non-hydrogen) atoms. The van der Waals surface area contributed by atoms with E-state index in [9.17, 15) is 14.7 Å². The fourth-order valence-corrected chi connectivity index (χ4v) is 2.26. The molecule has 2 aromatic carbocycles. The fraction of sp³-hybridized carbons (Fsp3) is 0.263. The monoisotopic (exact) mass is 327 g/mol. The van der Waals surface area contributed by atoms with Gasteiger partial charge in [-0.1, -0.05) is 43.3 Å². The Labute approximate surface area is 141 Å². The van der Waals surface area contributed by atoms with Gasteiger partial charge >= 0.3 is 5.97 Å². The molecule has 1 aliphatic rings. The first-order valence-electron chi connectivity index (χ1n) is 7.90. The molecule has 1 aliphatic heterocycles. The van der Waals surface area contributed by atoms with Crippen molar-refractivity contribution in [3.63, 3.8) is 0 Å². The summed E-state index contributed by atoms with van der Waals surface area (Å²) in [5, 5.41) is 12.4. The molecule has 0 saturated carbocycles. The normalized spacial score (nSPS) is 12.3. The third kappa shape index (κ3) is 4.84. The van der Waals surface area contributed by atoms with Gasteiger partial charge in [0.25, 0.3) is 0 Å². The molecular weight excluding hydrogens is 306 g/mol. The van der Waals surface area contributed by atoms with E-state index in [1.807, 2.05) is 30.3 Å². The second-order valence-corrected chi connectivity index (χ2v) is 5.30. The summed E-state index contributed by atoms with van der Waals surface area (Å²) in [5.74, 6) is -0.0644. The zero-order valence-electron chi connectivity index (χ0n) is 13.6. The number of anilines is 1. The molecule has 0 radical (unpaired) electrons. The summed E-state index contributed by atoms with van der Waals surface area (Å²) in [6, 6.07) is 14.7. The van der Waals surface area contributed by atoms with Crippen LogP contribution in [0, 0.1) is 0 Å². The van der Waals surface area contributed by atoms with Crippen LogP contribution in [0.3, 0.4) is 0 Å². The minimum atomic E-state index is -0.154. The van der Waals surface area contributed by atoms with Crippen LogP contribution in [0.15, 0.2) is 48.5 Å². The van der Waals surface area contributed by atoms with Crippen LogP contribution in [0.1, 0.15) is 35.7 Å². The van der Waals surface area contributed by atoms with Gasteiger partial charge in [0.1, 0.15) is 12.4 Å². The van der Waals surface area contributed by atoms with E-state index in [-0.39, 0.29) is 17.5 Å². The van der Waals surface area contributed by atoms with Crippen molar-refractivity contribution in [3.8, 4) is 5.75 Å². The number of rotatable bonds is 3. The van der Waals surface area contributed by atoms with Gasteiger partial charge in [0.2, 0.25) is 0 Å². The van der Waals surface area contributed by atoms with Gasteiger partial charge in [-0.3, -0.25) is 9.59 Å². The Morgan fingerprint density at radius 2 is 1.92 bits per heavy atom. The van der Waals surface area contributed by atoms with Crippen LogP contribution in [0.25, 0.3) is 0 Å². The van der Waals surface area contributed by atoms with E-state index >= 15 is 0 Å². The summed E-state index contributed by atoms with van der Waals surface area (Å²) >= 11 is 0. The first-order valence-corrected chi connectivity index (χ1v) is 7.90. The Morgan fingerprint density at radius 3 is 2.58 bits per heavy atom. The van der Waals surface area contributed by atoms with Gasteiger partial charge in [0.05, 0.1) is 5.56 Å². The smallest absolute Gasteiger partial charge is 0.305 e. The summed E-state index contributed by atoms with van der Waals surface area (Å²) in [6.45, 7) is 2.83.